The number of benzene rings is 2. The SMILES string of the molecule is Cc1cc2occ(CC(=O)Nc3cccc(I)c3)c2cc1C. The van der Waals surface area contributed by atoms with Crippen LogP contribution in [0.25, 0.3) is 11.0 Å². The van der Waals surface area contributed by atoms with Crippen molar-refractivity contribution in [3.8, 4) is 0 Å². The molecule has 4 heteroatoms. The maximum atomic E-state index is 12.2. The van der Waals surface area contributed by atoms with E-state index in [1.54, 1.807) is 6.26 Å². The number of hydrogen-bond donors (Lipinski definition) is 1. The van der Waals surface area contributed by atoms with Crippen molar-refractivity contribution in [2.75, 3.05) is 5.32 Å². The fourth-order valence-corrected chi connectivity index (χ4v) is 2.96. The van der Waals surface area contributed by atoms with E-state index in [2.05, 4.69) is 47.8 Å². The van der Waals surface area contributed by atoms with E-state index in [-0.39, 0.29) is 5.91 Å². The molecule has 0 aliphatic heterocycles. The predicted molar refractivity (Wildman–Crippen MR) is 97.2 cm³/mol. The number of furan rings is 1. The van der Waals surface area contributed by atoms with Crippen molar-refractivity contribution in [3.63, 3.8) is 0 Å². The van der Waals surface area contributed by atoms with Gasteiger partial charge in [0, 0.05) is 20.2 Å². The Morgan fingerprint density at radius 3 is 2.73 bits per heavy atom. The van der Waals surface area contributed by atoms with Gasteiger partial charge in [-0.15, -0.1) is 0 Å². The fourth-order valence-electron chi connectivity index (χ4n) is 2.42. The maximum absolute atomic E-state index is 12.2. The molecule has 0 saturated heterocycles. The van der Waals surface area contributed by atoms with Crippen LogP contribution in [0.15, 0.2) is 47.1 Å². The summed E-state index contributed by atoms with van der Waals surface area (Å²) in [4.78, 5) is 12.2. The molecule has 0 spiro atoms. The van der Waals surface area contributed by atoms with E-state index in [1.807, 2.05) is 30.3 Å². The van der Waals surface area contributed by atoms with Gasteiger partial charge in [-0.25, -0.2) is 0 Å². The second kappa shape index (κ2) is 6.12. The average Bonchev–Trinajstić information content (AvgIpc) is 2.81. The van der Waals surface area contributed by atoms with Gasteiger partial charge in [0.15, 0.2) is 0 Å². The van der Waals surface area contributed by atoms with E-state index in [0.717, 1.165) is 25.8 Å². The van der Waals surface area contributed by atoms with Gasteiger partial charge in [-0.2, -0.15) is 0 Å². The van der Waals surface area contributed by atoms with Crippen LogP contribution in [0.2, 0.25) is 0 Å². The number of hydrogen-bond acceptors (Lipinski definition) is 2. The minimum atomic E-state index is -0.0390. The maximum Gasteiger partial charge on any atom is 0.228 e. The number of amides is 1. The molecule has 0 radical (unpaired) electrons. The molecule has 3 aromatic rings. The summed E-state index contributed by atoms with van der Waals surface area (Å²) in [5, 5.41) is 3.94. The average molecular weight is 405 g/mol. The van der Waals surface area contributed by atoms with Crippen LogP contribution in [0.4, 0.5) is 5.69 Å². The molecule has 0 aliphatic rings. The first-order valence-corrected chi connectivity index (χ1v) is 8.13. The second-order valence-corrected chi connectivity index (χ2v) is 6.67. The molecule has 22 heavy (non-hydrogen) atoms. The summed E-state index contributed by atoms with van der Waals surface area (Å²) in [6.45, 7) is 4.12. The summed E-state index contributed by atoms with van der Waals surface area (Å²) in [5.74, 6) is -0.0390. The molecule has 0 bridgehead atoms. The number of nitrogens with one attached hydrogen (secondary N) is 1. The normalized spacial score (nSPS) is 10.9. The number of aryl methyl sites for hydroxylation is 2. The van der Waals surface area contributed by atoms with Gasteiger partial charge in [-0.3, -0.25) is 4.79 Å². The first-order chi connectivity index (χ1) is 10.5. The Kier molecular flexibility index (Phi) is 4.20. The zero-order chi connectivity index (χ0) is 15.7. The lowest BCUT2D eigenvalue weighted by molar-refractivity contribution is -0.115. The second-order valence-electron chi connectivity index (χ2n) is 5.43. The molecular formula is C18H16INO2. The molecule has 1 N–H and O–H groups in total. The van der Waals surface area contributed by atoms with Crippen molar-refractivity contribution < 1.29 is 9.21 Å². The highest BCUT2D eigenvalue weighted by molar-refractivity contribution is 14.1. The molecule has 2 aromatic carbocycles. The minimum Gasteiger partial charge on any atom is -0.464 e. The van der Waals surface area contributed by atoms with Gasteiger partial charge in [0.1, 0.15) is 5.58 Å². The Labute approximate surface area is 142 Å². The fraction of sp³-hybridized carbons (Fsp3) is 0.167. The number of fused-ring (bicyclic) bond motifs is 1. The summed E-state index contributed by atoms with van der Waals surface area (Å²) in [7, 11) is 0. The summed E-state index contributed by atoms with van der Waals surface area (Å²) in [6.07, 6.45) is 1.98. The third-order valence-corrected chi connectivity index (χ3v) is 4.40. The Bertz CT molecular complexity index is 851. The quantitative estimate of drug-likeness (QED) is 0.634. The molecule has 3 nitrogen and oxygen atoms in total. The van der Waals surface area contributed by atoms with Crippen molar-refractivity contribution in [2.45, 2.75) is 20.3 Å². The standard InChI is InChI=1S/C18H16INO2/c1-11-6-16-13(10-22-17(16)7-12(11)2)8-18(21)20-15-5-3-4-14(19)9-15/h3-7,9-10H,8H2,1-2H3,(H,20,21). The predicted octanol–water partition coefficient (Wildman–Crippen LogP) is 4.84. The lowest BCUT2D eigenvalue weighted by Gasteiger charge is -2.05. The molecule has 0 unspecified atom stereocenters. The van der Waals surface area contributed by atoms with Gasteiger partial charge >= 0.3 is 0 Å². The number of anilines is 1. The Balaban J connectivity index is 1.81. The van der Waals surface area contributed by atoms with E-state index in [1.165, 1.54) is 11.1 Å². The van der Waals surface area contributed by atoms with E-state index in [9.17, 15) is 4.79 Å². The zero-order valence-electron chi connectivity index (χ0n) is 12.4. The molecule has 112 valence electrons. The van der Waals surface area contributed by atoms with Crippen LogP contribution >= 0.6 is 22.6 Å². The Hall–Kier alpha value is -1.82. The molecule has 0 saturated carbocycles. The largest absolute Gasteiger partial charge is 0.464 e. The van der Waals surface area contributed by atoms with Crippen LogP contribution in [0.5, 0.6) is 0 Å². The number of rotatable bonds is 3. The van der Waals surface area contributed by atoms with Crippen LogP contribution in [-0.4, -0.2) is 5.91 Å². The van der Waals surface area contributed by atoms with Gasteiger partial charge in [0.05, 0.1) is 12.7 Å². The lowest BCUT2D eigenvalue weighted by Crippen LogP contribution is -2.14. The lowest BCUT2D eigenvalue weighted by atomic mass is 10.0. The molecule has 3 rings (SSSR count). The van der Waals surface area contributed by atoms with Crippen molar-refractivity contribution in [1.29, 1.82) is 0 Å². The molecule has 1 amide bonds. The Morgan fingerprint density at radius 2 is 1.95 bits per heavy atom. The summed E-state index contributed by atoms with van der Waals surface area (Å²) < 4.78 is 6.67. The van der Waals surface area contributed by atoms with Gasteiger partial charge < -0.3 is 9.73 Å². The first kappa shape index (κ1) is 15.1. The highest BCUT2D eigenvalue weighted by atomic mass is 127. The third kappa shape index (κ3) is 3.16. The first-order valence-electron chi connectivity index (χ1n) is 7.05. The van der Waals surface area contributed by atoms with E-state index in [0.29, 0.717) is 6.42 Å². The minimum absolute atomic E-state index is 0.0390. The number of carbonyl (C=O) groups excluding carboxylic acids is 1. The summed E-state index contributed by atoms with van der Waals surface area (Å²) >= 11 is 2.23. The number of halogens is 1. The van der Waals surface area contributed by atoms with Crippen molar-refractivity contribution in [1.82, 2.24) is 0 Å². The molecule has 0 fully saturated rings. The third-order valence-electron chi connectivity index (χ3n) is 3.73. The van der Waals surface area contributed by atoms with E-state index < -0.39 is 0 Å². The highest BCUT2D eigenvalue weighted by Crippen LogP contribution is 2.25. The van der Waals surface area contributed by atoms with Gasteiger partial charge in [0.25, 0.3) is 0 Å². The van der Waals surface area contributed by atoms with Gasteiger partial charge in [0.2, 0.25) is 5.91 Å². The molecular weight excluding hydrogens is 389 g/mol. The number of carbonyl (C=O) groups is 1. The topological polar surface area (TPSA) is 42.2 Å². The monoisotopic (exact) mass is 405 g/mol. The van der Waals surface area contributed by atoms with Crippen LogP contribution in [0, 0.1) is 17.4 Å². The van der Waals surface area contributed by atoms with Crippen LogP contribution < -0.4 is 5.32 Å². The van der Waals surface area contributed by atoms with Crippen LogP contribution in [-0.2, 0) is 11.2 Å². The molecule has 1 aromatic heterocycles. The van der Waals surface area contributed by atoms with Gasteiger partial charge in [-0.1, -0.05) is 6.07 Å². The Morgan fingerprint density at radius 1 is 1.18 bits per heavy atom. The smallest absolute Gasteiger partial charge is 0.228 e. The van der Waals surface area contributed by atoms with E-state index in [4.69, 9.17) is 4.42 Å². The van der Waals surface area contributed by atoms with Crippen LogP contribution in [0.3, 0.4) is 0 Å². The van der Waals surface area contributed by atoms with Gasteiger partial charge in [-0.05, 0) is 77.9 Å². The van der Waals surface area contributed by atoms with E-state index >= 15 is 0 Å². The zero-order valence-corrected chi connectivity index (χ0v) is 14.6. The molecule has 0 atom stereocenters. The van der Waals surface area contributed by atoms with Crippen molar-refractivity contribution >= 4 is 45.2 Å². The molecule has 0 aliphatic carbocycles. The van der Waals surface area contributed by atoms with Crippen molar-refractivity contribution in [3.05, 3.63) is 62.9 Å². The summed E-state index contributed by atoms with van der Waals surface area (Å²) in [5.41, 5.74) is 4.96. The molecule has 1 heterocycles. The summed E-state index contributed by atoms with van der Waals surface area (Å²) in [6, 6.07) is 11.9. The highest BCUT2D eigenvalue weighted by Gasteiger charge is 2.12. The van der Waals surface area contributed by atoms with Crippen molar-refractivity contribution in [2.24, 2.45) is 0 Å². The van der Waals surface area contributed by atoms with Crippen LogP contribution in [0.1, 0.15) is 16.7 Å².